The average molecular weight is 453 g/mol. The van der Waals surface area contributed by atoms with E-state index in [1.54, 1.807) is 30.5 Å². The summed E-state index contributed by atoms with van der Waals surface area (Å²) < 4.78 is 40.7. The summed E-state index contributed by atoms with van der Waals surface area (Å²) in [5.41, 5.74) is 5.81. The van der Waals surface area contributed by atoms with E-state index in [9.17, 15) is 13.2 Å². The summed E-state index contributed by atoms with van der Waals surface area (Å²) in [4.78, 5) is 8.57. The van der Waals surface area contributed by atoms with E-state index < -0.39 is 11.7 Å². The highest BCUT2D eigenvalue weighted by Crippen LogP contribution is 2.29. The second-order valence-electron chi connectivity index (χ2n) is 5.91. The van der Waals surface area contributed by atoms with Gasteiger partial charge >= 0.3 is 6.18 Å². The van der Waals surface area contributed by atoms with Gasteiger partial charge in [0.1, 0.15) is 0 Å². The predicted molar refractivity (Wildman–Crippen MR) is 107 cm³/mol. The number of nitrogens with one attached hydrogen (secondary N) is 1. The van der Waals surface area contributed by atoms with Crippen molar-refractivity contribution >= 4 is 41.1 Å². The van der Waals surface area contributed by atoms with Crippen LogP contribution in [0.15, 0.2) is 59.9 Å². The van der Waals surface area contributed by atoms with Crippen LogP contribution < -0.4 is 11.1 Å². The Labute approximate surface area is 177 Å². The maximum Gasteiger partial charge on any atom is 0.417 e. The molecule has 1 aromatic carbocycles. The van der Waals surface area contributed by atoms with Crippen molar-refractivity contribution in [3.8, 4) is 5.82 Å². The van der Waals surface area contributed by atoms with Gasteiger partial charge in [0.15, 0.2) is 5.82 Å². The summed E-state index contributed by atoms with van der Waals surface area (Å²) in [6, 6.07) is 9.18. The van der Waals surface area contributed by atoms with Gasteiger partial charge < -0.3 is 11.1 Å². The third kappa shape index (κ3) is 4.49. The van der Waals surface area contributed by atoms with Crippen LogP contribution in [-0.2, 0) is 6.18 Å². The lowest BCUT2D eigenvalue weighted by Crippen LogP contribution is -2.06. The topological polar surface area (TPSA) is 99.5 Å². The maximum atomic E-state index is 12.7. The highest BCUT2D eigenvalue weighted by atomic mass is 35.5. The van der Waals surface area contributed by atoms with Crippen molar-refractivity contribution < 1.29 is 13.2 Å². The van der Waals surface area contributed by atoms with Gasteiger partial charge in [-0.15, -0.1) is 5.10 Å². The molecule has 0 aliphatic heterocycles. The molecule has 3 aromatic heterocycles. The monoisotopic (exact) mass is 452 g/mol. The summed E-state index contributed by atoms with van der Waals surface area (Å²) in [6.07, 6.45) is -0.585. The molecule has 8 nitrogen and oxygen atoms in total. The first-order valence-electron chi connectivity index (χ1n) is 8.30. The average Bonchev–Trinajstić information content (AvgIpc) is 3.30. The molecule has 3 heterocycles. The number of halogens is 4. The Bertz CT molecular complexity index is 1160. The van der Waals surface area contributed by atoms with Gasteiger partial charge in [0.2, 0.25) is 11.9 Å². The number of hydrogen-bond donors (Lipinski definition) is 2. The van der Waals surface area contributed by atoms with Crippen LogP contribution in [-0.4, -0.2) is 28.9 Å². The Hall–Kier alpha value is -3.25. The lowest BCUT2D eigenvalue weighted by molar-refractivity contribution is -0.137. The Morgan fingerprint density at radius 3 is 2.50 bits per heavy atom. The summed E-state index contributed by atoms with van der Waals surface area (Å²) in [5, 5.41) is 12.0. The zero-order valence-electron chi connectivity index (χ0n) is 14.9. The van der Waals surface area contributed by atoms with Crippen molar-refractivity contribution in [1.29, 1.82) is 0 Å². The van der Waals surface area contributed by atoms with Gasteiger partial charge in [-0.25, -0.2) is 9.67 Å². The molecule has 0 bridgehead atoms. The maximum absolute atomic E-state index is 12.7. The number of alkyl halides is 3. The van der Waals surface area contributed by atoms with Crippen LogP contribution in [0.1, 0.15) is 5.56 Å². The summed E-state index contributed by atoms with van der Waals surface area (Å²) in [5.74, 6) is 0.683. The first kappa shape index (κ1) is 20.0. The van der Waals surface area contributed by atoms with Gasteiger partial charge in [-0.3, -0.25) is 0 Å². The van der Waals surface area contributed by atoms with Crippen molar-refractivity contribution in [2.75, 3.05) is 11.1 Å². The highest BCUT2D eigenvalue weighted by Gasteiger charge is 2.30. The molecule has 0 atom stereocenters. The zero-order chi connectivity index (χ0) is 21.3. The molecule has 154 valence electrons. The Morgan fingerprint density at radius 2 is 1.83 bits per heavy atom. The predicted octanol–water partition coefficient (Wildman–Crippen LogP) is 4.41. The fraction of sp³-hybridized carbons (Fsp3) is 0.0588. The summed E-state index contributed by atoms with van der Waals surface area (Å²) >= 11 is 7.00. The van der Waals surface area contributed by atoms with Gasteiger partial charge in [-0.2, -0.15) is 27.3 Å². The van der Waals surface area contributed by atoms with Crippen LogP contribution in [0, 0.1) is 0 Å². The minimum absolute atomic E-state index is 0.150. The van der Waals surface area contributed by atoms with E-state index in [0.29, 0.717) is 15.9 Å². The molecule has 4 aromatic rings. The fourth-order valence-corrected chi connectivity index (χ4v) is 3.18. The Morgan fingerprint density at radius 1 is 1.07 bits per heavy atom. The molecule has 0 fully saturated rings. The number of hydrogen-bond acceptors (Lipinski definition) is 7. The number of pyridine rings is 1. The smallest absolute Gasteiger partial charge is 0.367 e. The number of aromatic nitrogens is 6. The highest BCUT2D eigenvalue weighted by molar-refractivity contribution is 7.97. The van der Waals surface area contributed by atoms with E-state index in [-0.39, 0.29) is 11.8 Å². The molecule has 0 saturated heterocycles. The third-order valence-electron chi connectivity index (χ3n) is 3.76. The fourth-order valence-electron chi connectivity index (χ4n) is 2.36. The summed E-state index contributed by atoms with van der Waals surface area (Å²) in [7, 11) is 0. The van der Waals surface area contributed by atoms with E-state index in [1.165, 1.54) is 21.0 Å². The largest absolute Gasteiger partial charge is 0.417 e. The van der Waals surface area contributed by atoms with Crippen LogP contribution in [0.25, 0.3) is 5.82 Å². The number of nitrogens with zero attached hydrogens (tertiary/aromatic N) is 6. The molecule has 0 radical (unpaired) electrons. The first-order chi connectivity index (χ1) is 14.3. The van der Waals surface area contributed by atoms with Crippen LogP contribution in [0.4, 0.5) is 30.8 Å². The van der Waals surface area contributed by atoms with E-state index in [4.69, 9.17) is 17.3 Å². The van der Waals surface area contributed by atoms with Gasteiger partial charge in [-0.05, 0) is 36.4 Å². The minimum Gasteiger partial charge on any atom is -0.367 e. The van der Waals surface area contributed by atoms with Crippen molar-refractivity contribution in [2.24, 2.45) is 0 Å². The number of nitrogens with two attached hydrogens (primary N) is 1. The lowest BCUT2D eigenvalue weighted by Gasteiger charge is -2.06. The second kappa shape index (κ2) is 7.88. The van der Waals surface area contributed by atoms with E-state index >= 15 is 0 Å². The number of benzene rings is 1. The SMILES string of the molecule is Nc1nc(Nc2ccc(Cl)cc2)nn1Sc1cnn(-c2ccc(C(F)(F)F)cn2)c1. The van der Waals surface area contributed by atoms with E-state index in [0.717, 1.165) is 29.9 Å². The molecule has 0 aliphatic carbocycles. The standard InChI is InChI=1S/C17H12ClF3N8S/c18-11-2-4-12(5-3-11)25-16-26-15(22)29(27-16)30-13-8-24-28(9-13)14-6-1-10(7-23-14)17(19,20)21/h1-9H,(H3,22,25,26,27). The number of anilines is 3. The van der Waals surface area contributed by atoms with Crippen LogP contribution in [0.3, 0.4) is 0 Å². The number of rotatable bonds is 5. The quantitative estimate of drug-likeness (QED) is 0.462. The molecule has 13 heteroatoms. The normalized spacial score (nSPS) is 11.6. The molecule has 0 unspecified atom stereocenters. The molecular formula is C17H12ClF3N8S. The second-order valence-corrected chi connectivity index (χ2v) is 7.35. The van der Waals surface area contributed by atoms with Crippen molar-refractivity contribution in [3.63, 3.8) is 0 Å². The zero-order valence-corrected chi connectivity index (χ0v) is 16.4. The van der Waals surface area contributed by atoms with E-state index in [2.05, 4.69) is 25.5 Å². The number of nitrogen functional groups attached to an aromatic ring is 1. The minimum atomic E-state index is -4.45. The molecule has 0 spiro atoms. The van der Waals surface area contributed by atoms with Gasteiger partial charge in [0.05, 0.1) is 16.7 Å². The molecule has 4 rings (SSSR count). The van der Waals surface area contributed by atoms with Gasteiger partial charge in [-0.1, -0.05) is 11.6 Å². The summed E-state index contributed by atoms with van der Waals surface area (Å²) in [6.45, 7) is 0. The first-order valence-corrected chi connectivity index (χ1v) is 9.45. The molecule has 3 N–H and O–H groups in total. The van der Waals surface area contributed by atoms with Crippen LogP contribution in [0.2, 0.25) is 5.02 Å². The van der Waals surface area contributed by atoms with Crippen LogP contribution in [0.5, 0.6) is 0 Å². The van der Waals surface area contributed by atoms with Gasteiger partial charge in [0, 0.05) is 35.1 Å². The molecule has 0 saturated carbocycles. The molecule has 0 aliphatic rings. The van der Waals surface area contributed by atoms with Crippen molar-refractivity contribution in [3.05, 3.63) is 65.6 Å². The Kier molecular flexibility index (Phi) is 5.26. The molecular weight excluding hydrogens is 441 g/mol. The lowest BCUT2D eigenvalue weighted by atomic mass is 10.3. The molecule has 30 heavy (non-hydrogen) atoms. The third-order valence-corrected chi connectivity index (χ3v) is 4.88. The van der Waals surface area contributed by atoms with E-state index in [1.807, 2.05) is 0 Å². The van der Waals surface area contributed by atoms with Crippen molar-refractivity contribution in [2.45, 2.75) is 11.1 Å². The van der Waals surface area contributed by atoms with Crippen LogP contribution >= 0.6 is 23.5 Å². The van der Waals surface area contributed by atoms with Gasteiger partial charge in [0.25, 0.3) is 0 Å². The Balaban J connectivity index is 1.47. The van der Waals surface area contributed by atoms with Crippen molar-refractivity contribution in [1.82, 2.24) is 28.9 Å². The molecule has 0 amide bonds.